The summed E-state index contributed by atoms with van der Waals surface area (Å²) in [5, 5.41) is 11.7. The summed E-state index contributed by atoms with van der Waals surface area (Å²) in [6.07, 6.45) is 6.94. The van der Waals surface area contributed by atoms with E-state index in [1.807, 2.05) is 36.0 Å². The minimum absolute atomic E-state index is 0.199. The summed E-state index contributed by atoms with van der Waals surface area (Å²) >= 11 is 0. The zero-order valence-corrected chi connectivity index (χ0v) is 18.5. The van der Waals surface area contributed by atoms with Crippen LogP contribution in [0.15, 0.2) is 60.9 Å². The second kappa shape index (κ2) is 8.68. The zero-order chi connectivity index (χ0) is 22.1. The molecule has 1 aromatic heterocycles. The Balaban J connectivity index is 1.22. The number of hydrogen-bond acceptors (Lipinski definition) is 4. The summed E-state index contributed by atoms with van der Waals surface area (Å²) in [4.78, 5) is 6.98. The number of nitrogens with zero attached hydrogens (tertiary/aromatic N) is 3. The van der Waals surface area contributed by atoms with Gasteiger partial charge in [-0.25, -0.2) is 9.37 Å². The van der Waals surface area contributed by atoms with Gasteiger partial charge in [0, 0.05) is 50.9 Å². The van der Waals surface area contributed by atoms with Gasteiger partial charge in [0.25, 0.3) is 0 Å². The predicted octanol–water partition coefficient (Wildman–Crippen LogP) is 4.26. The van der Waals surface area contributed by atoms with E-state index >= 15 is 0 Å². The van der Waals surface area contributed by atoms with E-state index in [0.29, 0.717) is 6.61 Å². The molecule has 32 heavy (non-hydrogen) atoms. The molecule has 2 bridgehead atoms. The molecule has 0 amide bonds. The molecule has 168 valence electrons. The van der Waals surface area contributed by atoms with Gasteiger partial charge in [-0.2, -0.15) is 0 Å². The van der Waals surface area contributed by atoms with Crippen molar-refractivity contribution in [2.45, 2.75) is 38.0 Å². The van der Waals surface area contributed by atoms with E-state index in [9.17, 15) is 9.50 Å². The highest BCUT2D eigenvalue weighted by Gasteiger charge is 2.53. The molecule has 1 saturated carbocycles. The van der Waals surface area contributed by atoms with Crippen LogP contribution >= 0.6 is 0 Å². The van der Waals surface area contributed by atoms with Crippen LogP contribution in [0.1, 0.15) is 36.2 Å². The minimum atomic E-state index is -0.832. The molecule has 6 heteroatoms. The number of rotatable bonds is 6. The number of imidazole rings is 1. The topological polar surface area (TPSA) is 50.5 Å². The maximum Gasteiger partial charge on any atom is 0.141 e. The van der Waals surface area contributed by atoms with Gasteiger partial charge in [-0.1, -0.05) is 30.7 Å². The van der Waals surface area contributed by atoms with E-state index in [2.05, 4.69) is 22.0 Å². The second-order valence-electron chi connectivity index (χ2n) is 9.27. The summed E-state index contributed by atoms with van der Waals surface area (Å²) in [6.45, 7) is 2.95. The monoisotopic (exact) mass is 435 g/mol. The predicted molar refractivity (Wildman–Crippen MR) is 120 cm³/mol. The summed E-state index contributed by atoms with van der Waals surface area (Å²) < 4.78 is 21.1. The van der Waals surface area contributed by atoms with Crippen molar-refractivity contribution in [1.82, 2.24) is 14.5 Å². The van der Waals surface area contributed by atoms with Crippen molar-refractivity contribution < 1.29 is 14.2 Å². The van der Waals surface area contributed by atoms with Crippen LogP contribution in [0.25, 0.3) is 0 Å². The summed E-state index contributed by atoms with van der Waals surface area (Å²) in [5.74, 6) is 1.74. The lowest BCUT2D eigenvalue weighted by Gasteiger charge is -2.52. The van der Waals surface area contributed by atoms with Gasteiger partial charge >= 0.3 is 0 Å². The number of likely N-dealkylation sites (tertiary alicyclic amines) is 1. The Kier molecular flexibility index (Phi) is 5.74. The molecule has 2 heterocycles. The molecule has 5 nitrogen and oxygen atoms in total. The smallest absolute Gasteiger partial charge is 0.141 e. The third-order valence-corrected chi connectivity index (χ3v) is 7.11. The first-order valence-corrected chi connectivity index (χ1v) is 11.4. The standard InChI is InChI=1S/C26H30FN3O2/c1-29-13-12-28-25(29)26(31)21-5-3-6-22(26)17-30(16-21)15-19-8-10-24(11-9-19)32-18-20-4-2-7-23(27)14-20/h2,4,7-14,21-22,31H,3,5-6,15-18H2,1H3/t21-,22-/m0/s1. The van der Waals surface area contributed by atoms with Gasteiger partial charge in [0.05, 0.1) is 0 Å². The fourth-order valence-corrected chi connectivity index (χ4v) is 5.53. The molecule has 2 atom stereocenters. The van der Waals surface area contributed by atoms with Crippen molar-refractivity contribution in [1.29, 1.82) is 0 Å². The van der Waals surface area contributed by atoms with E-state index in [1.165, 1.54) is 24.1 Å². The van der Waals surface area contributed by atoms with E-state index in [-0.39, 0.29) is 17.7 Å². The highest BCUT2D eigenvalue weighted by Crippen LogP contribution is 2.48. The molecule has 5 rings (SSSR count). The van der Waals surface area contributed by atoms with Crippen LogP contribution < -0.4 is 4.74 Å². The molecule has 2 aromatic carbocycles. The van der Waals surface area contributed by atoms with E-state index in [4.69, 9.17) is 4.74 Å². The third-order valence-electron chi connectivity index (χ3n) is 7.11. The lowest BCUT2D eigenvalue weighted by molar-refractivity contribution is -0.155. The third kappa shape index (κ3) is 4.05. The maximum absolute atomic E-state index is 13.3. The molecular formula is C26H30FN3O2. The normalized spacial score (nSPS) is 25.6. The Morgan fingerprint density at radius 3 is 2.50 bits per heavy atom. The van der Waals surface area contributed by atoms with Gasteiger partial charge in [0.1, 0.15) is 29.6 Å². The minimum Gasteiger partial charge on any atom is -0.489 e. The molecule has 0 radical (unpaired) electrons. The van der Waals surface area contributed by atoms with Crippen LogP contribution in [0.4, 0.5) is 4.39 Å². The molecule has 3 aromatic rings. The van der Waals surface area contributed by atoms with Gasteiger partial charge in [-0.15, -0.1) is 0 Å². The maximum atomic E-state index is 13.3. The second-order valence-corrected chi connectivity index (χ2v) is 9.27. The van der Waals surface area contributed by atoms with Crippen LogP contribution in [-0.4, -0.2) is 32.6 Å². The lowest BCUT2D eigenvalue weighted by atomic mass is 9.65. The number of aromatic nitrogens is 2. The summed E-state index contributed by atoms with van der Waals surface area (Å²) in [7, 11) is 1.97. The van der Waals surface area contributed by atoms with Crippen LogP contribution in [0.3, 0.4) is 0 Å². The molecular weight excluding hydrogens is 405 g/mol. The van der Waals surface area contributed by atoms with E-state index in [1.54, 1.807) is 12.3 Å². The number of benzene rings is 2. The van der Waals surface area contributed by atoms with Crippen molar-refractivity contribution in [3.05, 3.63) is 83.7 Å². The fourth-order valence-electron chi connectivity index (χ4n) is 5.53. The van der Waals surface area contributed by atoms with Gasteiger partial charge in [0.15, 0.2) is 0 Å². The van der Waals surface area contributed by atoms with E-state index < -0.39 is 5.60 Å². The number of piperidine rings is 1. The zero-order valence-electron chi connectivity index (χ0n) is 18.5. The number of aryl methyl sites for hydroxylation is 1. The van der Waals surface area contributed by atoms with Gasteiger partial charge < -0.3 is 14.4 Å². The quantitative estimate of drug-likeness (QED) is 0.629. The number of fused-ring (bicyclic) bond motifs is 2. The SMILES string of the molecule is Cn1ccnc1C1(O)[C@H]2CCC[C@H]1CN(Cc1ccc(OCc3cccc(F)c3)cc1)C2. The first-order chi connectivity index (χ1) is 15.5. The van der Waals surface area contributed by atoms with Gasteiger partial charge in [-0.3, -0.25) is 4.90 Å². The molecule has 1 aliphatic heterocycles. The molecule has 2 aliphatic rings. The van der Waals surface area contributed by atoms with E-state index in [0.717, 1.165) is 49.6 Å². The average molecular weight is 436 g/mol. The molecule has 1 saturated heterocycles. The van der Waals surface area contributed by atoms with Crippen molar-refractivity contribution in [2.24, 2.45) is 18.9 Å². The average Bonchev–Trinajstić information content (AvgIpc) is 3.21. The number of aliphatic hydroxyl groups is 1. The molecule has 0 spiro atoms. The van der Waals surface area contributed by atoms with Crippen LogP contribution in [0.2, 0.25) is 0 Å². The Hall–Kier alpha value is -2.70. The summed E-state index contributed by atoms with van der Waals surface area (Å²) in [6, 6.07) is 14.6. The van der Waals surface area contributed by atoms with Crippen LogP contribution in [0, 0.1) is 17.7 Å². The Bertz CT molecular complexity index is 1050. The summed E-state index contributed by atoms with van der Waals surface area (Å²) in [5.41, 5.74) is 1.21. The van der Waals surface area contributed by atoms with Crippen molar-refractivity contribution in [2.75, 3.05) is 13.1 Å². The first-order valence-electron chi connectivity index (χ1n) is 11.4. The van der Waals surface area contributed by atoms with Crippen molar-refractivity contribution >= 4 is 0 Å². The molecule has 2 fully saturated rings. The fraction of sp³-hybridized carbons (Fsp3) is 0.423. The number of halogens is 1. The molecule has 1 N–H and O–H groups in total. The van der Waals surface area contributed by atoms with Gasteiger partial charge in [0.2, 0.25) is 0 Å². The first kappa shape index (κ1) is 21.2. The Morgan fingerprint density at radius 2 is 1.84 bits per heavy atom. The van der Waals surface area contributed by atoms with Crippen molar-refractivity contribution in [3.8, 4) is 5.75 Å². The van der Waals surface area contributed by atoms with Crippen molar-refractivity contribution in [3.63, 3.8) is 0 Å². The Labute approximate surface area is 188 Å². The molecule has 0 unspecified atom stereocenters. The number of ether oxygens (including phenoxy) is 1. The highest BCUT2D eigenvalue weighted by atomic mass is 19.1. The highest BCUT2D eigenvalue weighted by molar-refractivity contribution is 5.28. The van der Waals surface area contributed by atoms with Gasteiger partial charge in [-0.05, 0) is 48.2 Å². The van der Waals surface area contributed by atoms with Crippen LogP contribution in [0.5, 0.6) is 5.75 Å². The Morgan fingerprint density at radius 1 is 1.09 bits per heavy atom. The lowest BCUT2D eigenvalue weighted by Crippen LogP contribution is -2.58. The van der Waals surface area contributed by atoms with Crippen LogP contribution in [-0.2, 0) is 25.8 Å². The molecule has 1 aliphatic carbocycles. The largest absolute Gasteiger partial charge is 0.489 e. The number of hydrogen-bond donors (Lipinski definition) is 1.